The van der Waals surface area contributed by atoms with Crippen molar-refractivity contribution in [3.63, 3.8) is 0 Å². The first kappa shape index (κ1) is 10.9. The lowest BCUT2D eigenvalue weighted by atomic mass is 9.99. The third-order valence-electron chi connectivity index (χ3n) is 3.05. The van der Waals surface area contributed by atoms with E-state index < -0.39 is 0 Å². The van der Waals surface area contributed by atoms with E-state index in [1.165, 1.54) is 18.7 Å². The van der Waals surface area contributed by atoms with Crippen LogP contribution in [-0.2, 0) is 6.54 Å². The largest absolute Gasteiger partial charge is 0.355 e. The van der Waals surface area contributed by atoms with E-state index in [0.717, 1.165) is 30.9 Å². The zero-order valence-corrected chi connectivity index (χ0v) is 10.7. The van der Waals surface area contributed by atoms with Crippen molar-refractivity contribution in [2.24, 2.45) is 5.92 Å². The van der Waals surface area contributed by atoms with E-state index in [4.69, 9.17) is 0 Å². The third-order valence-corrected chi connectivity index (χ3v) is 3.97. The second kappa shape index (κ2) is 4.96. The smallest absolute Gasteiger partial charge is 0.147 e. The standard InChI is InChI=1S/C10H17BrN4/c1-2-15-10(8-12-13-15)14-5-3-9(7-11)4-6-14/h8-9H,2-7H2,1H3. The first-order chi connectivity index (χ1) is 7.35. The Hall–Kier alpha value is -0.580. The average Bonchev–Trinajstić information content (AvgIpc) is 2.77. The van der Waals surface area contributed by atoms with Gasteiger partial charge >= 0.3 is 0 Å². The molecule has 0 N–H and O–H groups in total. The van der Waals surface area contributed by atoms with Crippen molar-refractivity contribution in [1.82, 2.24) is 15.0 Å². The molecule has 4 nitrogen and oxygen atoms in total. The van der Waals surface area contributed by atoms with Gasteiger partial charge in [-0.2, -0.15) is 0 Å². The highest BCUT2D eigenvalue weighted by atomic mass is 79.9. The van der Waals surface area contributed by atoms with E-state index in [2.05, 4.69) is 38.1 Å². The molecule has 0 aromatic carbocycles. The molecule has 15 heavy (non-hydrogen) atoms. The van der Waals surface area contributed by atoms with Crippen LogP contribution < -0.4 is 4.90 Å². The molecule has 1 aliphatic rings. The number of hydrogen-bond donors (Lipinski definition) is 0. The number of aromatic nitrogens is 3. The fraction of sp³-hybridized carbons (Fsp3) is 0.800. The predicted octanol–water partition coefficient (Wildman–Crippen LogP) is 1.91. The number of rotatable bonds is 3. The minimum absolute atomic E-state index is 0.840. The monoisotopic (exact) mass is 272 g/mol. The number of aryl methyl sites for hydroxylation is 1. The molecular formula is C10H17BrN4. The summed E-state index contributed by atoms with van der Waals surface area (Å²) in [5.41, 5.74) is 0. The van der Waals surface area contributed by atoms with Gasteiger partial charge in [-0.15, -0.1) is 5.10 Å². The maximum absolute atomic E-state index is 4.06. The summed E-state index contributed by atoms with van der Waals surface area (Å²) >= 11 is 3.56. The Morgan fingerprint density at radius 3 is 2.80 bits per heavy atom. The Morgan fingerprint density at radius 2 is 2.20 bits per heavy atom. The van der Waals surface area contributed by atoms with Crippen LogP contribution in [0.15, 0.2) is 6.20 Å². The summed E-state index contributed by atoms with van der Waals surface area (Å²) in [6.07, 6.45) is 4.40. The van der Waals surface area contributed by atoms with Crippen molar-refractivity contribution in [2.75, 3.05) is 23.3 Å². The second-order valence-corrected chi connectivity index (χ2v) is 4.64. The van der Waals surface area contributed by atoms with Gasteiger partial charge in [-0.1, -0.05) is 21.1 Å². The van der Waals surface area contributed by atoms with Crippen LogP contribution in [0.25, 0.3) is 0 Å². The molecule has 2 rings (SSSR count). The van der Waals surface area contributed by atoms with E-state index in [9.17, 15) is 0 Å². The summed E-state index contributed by atoms with van der Waals surface area (Å²) in [6, 6.07) is 0. The highest BCUT2D eigenvalue weighted by molar-refractivity contribution is 9.09. The van der Waals surface area contributed by atoms with Crippen molar-refractivity contribution >= 4 is 21.7 Å². The molecule has 0 radical (unpaired) electrons. The molecule has 84 valence electrons. The molecule has 1 saturated heterocycles. The van der Waals surface area contributed by atoms with Crippen molar-refractivity contribution in [2.45, 2.75) is 26.3 Å². The molecule has 1 aromatic rings. The molecule has 5 heteroatoms. The van der Waals surface area contributed by atoms with Crippen molar-refractivity contribution in [1.29, 1.82) is 0 Å². The summed E-state index contributed by atoms with van der Waals surface area (Å²) in [7, 11) is 0. The Bertz CT molecular complexity index is 304. The number of alkyl halides is 1. The van der Waals surface area contributed by atoms with Gasteiger partial charge in [0.2, 0.25) is 0 Å². The molecule has 2 heterocycles. The lowest BCUT2D eigenvalue weighted by Crippen LogP contribution is -2.35. The molecule has 0 amide bonds. The Labute approximate surface area is 98.8 Å². The molecular weight excluding hydrogens is 256 g/mol. The summed E-state index contributed by atoms with van der Waals surface area (Å²) in [6.45, 7) is 5.25. The van der Waals surface area contributed by atoms with Crippen LogP contribution in [0.4, 0.5) is 5.82 Å². The number of halogens is 1. The van der Waals surface area contributed by atoms with E-state index in [0.29, 0.717) is 0 Å². The van der Waals surface area contributed by atoms with Gasteiger partial charge in [0.15, 0.2) is 0 Å². The molecule has 1 aromatic heterocycles. The Kier molecular flexibility index (Phi) is 3.61. The van der Waals surface area contributed by atoms with Crippen LogP contribution in [0.5, 0.6) is 0 Å². The van der Waals surface area contributed by atoms with Crippen LogP contribution >= 0.6 is 15.9 Å². The first-order valence-electron chi connectivity index (χ1n) is 5.54. The van der Waals surface area contributed by atoms with Crippen molar-refractivity contribution in [3.8, 4) is 0 Å². The van der Waals surface area contributed by atoms with Gasteiger partial charge in [-0.05, 0) is 25.7 Å². The summed E-state index contributed by atoms with van der Waals surface area (Å²) in [4.78, 5) is 2.39. The number of piperidine rings is 1. The molecule has 0 unspecified atom stereocenters. The maximum atomic E-state index is 4.06. The molecule has 0 bridgehead atoms. The molecule has 1 aliphatic heterocycles. The Balaban J connectivity index is 2.01. The van der Waals surface area contributed by atoms with Gasteiger partial charge < -0.3 is 4.90 Å². The summed E-state index contributed by atoms with van der Waals surface area (Å²) in [5.74, 6) is 2.01. The van der Waals surface area contributed by atoms with Gasteiger partial charge in [-0.3, -0.25) is 0 Å². The highest BCUT2D eigenvalue weighted by Gasteiger charge is 2.20. The van der Waals surface area contributed by atoms with Crippen molar-refractivity contribution < 1.29 is 0 Å². The topological polar surface area (TPSA) is 34.0 Å². The predicted molar refractivity (Wildman–Crippen MR) is 64.4 cm³/mol. The third kappa shape index (κ3) is 2.33. The SMILES string of the molecule is CCn1nncc1N1CCC(CBr)CC1. The van der Waals surface area contributed by atoms with E-state index >= 15 is 0 Å². The van der Waals surface area contributed by atoms with Crippen LogP contribution in [0.2, 0.25) is 0 Å². The lowest BCUT2D eigenvalue weighted by Gasteiger charge is -2.32. The minimum atomic E-state index is 0.840. The second-order valence-electron chi connectivity index (χ2n) is 3.99. The van der Waals surface area contributed by atoms with Gasteiger partial charge in [0.05, 0.1) is 6.20 Å². The Morgan fingerprint density at radius 1 is 1.47 bits per heavy atom. The molecule has 0 atom stereocenters. The van der Waals surface area contributed by atoms with Gasteiger partial charge in [0.1, 0.15) is 5.82 Å². The number of anilines is 1. The maximum Gasteiger partial charge on any atom is 0.147 e. The first-order valence-corrected chi connectivity index (χ1v) is 6.66. The van der Waals surface area contributed by atoms with E-state index in [1.807, 2.05) is 10.9 Å². The molecule has 0 saturated carbocycles. The molecule has 0 spiro atoms. The number of nitrogens with zero attached hydrogens (tertiary/aromatic N) is 4. The van der Waals surface area contributed by atoms with Crippen LogP contribution in [-0.4, -0.2) is 33.4 Å². The quantitative estimate of drug-likeness (QED) is 0.789. The van der Waals surface area contributed by atoms with Crippen LogP contribution in [0.3, 0.4) is 0 Å². The summed E-state index contributed by atoms with van der Waals surface area (Å²) < 4.78 is 1.97. The molecule has 1 fully saturated rings. The minimum Gasteiger partial charge on any atom is -0.355 e. The fourth-order valence-corrected chi connectivity index (χ4v) is 2.69. The normalized spacial score (nSPS) is 18.4. The van der Waals surface area contributed by atoms with Crippen LogP contribution in [0.1, 0.15) is 19.8 Å². The van der Waals surface area contributed by atoms with Crippen molar-refractivity contribution in [3.05, 3.63) is 6.20 Å². The fourth-order valence-electron chi connectivity index (χ4n) is 2.04. The average molecular weight is 273 g/mol. The summed E-state index contributed by atoms with van der Waals surface area (Å²) in [5, 5.41) is 9.17. The number of hydrogen-bond acceptors (Lipinski definition) is 3. The van der Waals surface area contributed by atoms with Gasteiger partial charge in [0, 0.05) is 25.0 Å². The zero-order chi connectivity index (χ0) is 10.7. The zero-order valence-electron chi connectivity index (χ0n) is 9.06. The van der Waals surface area contributed by atoms with Gasteiger partial charge in [-0.25, -0.2) is 4.68 Å². The lowest BCUT2D eigenvalue weighted by molar-refractivity contribution is 0.439. The van der Waals surface area contributed by atoms with E-state index in [1.54, 1.807) is 0 Å². The van der Waals surface area contributed by atoms with Crippen LogP contribution in [0, 0.1) is 5.92 Å². The molecule has 0 aliphatic carbocycles. The highest BCUT2D eigenvalue weighted by Crippen LogP contribution is 2.23. The van der Waals surface area contributed by atoms with Gasteiger partial charge in [0.25, 0.3) is 0 Å². The van der Waals surface area contributed by atoms with E-state index in [-0.39, 0.29) is 0 Å².